The van der Waals surface area contributed by atoms with Crippen molar-refractivity contribution in [2.45, 2.75) is 23.5 Å². The molecule has 0 saturated heterocycles. The number of hydrogen-bond acceptors (Lipinski definition) is 5. The number of hydrogen-bond donors (Lipinski definition) is 1. The second-order valence-electron chi connectivity index (χ2n) is 7.33. The van der Waals surface area contributed by atoms with Crippen molar-refractivity contribution in [2.24, 2.45) is 4.99 Å². The van der Waals surface area contributed by atoms with Crippen LogP contribution in [0.5, 0.6) is 5.75 Å². The molecule has 0 aliphatic carbocycles. The van der Waals surface area contributed by atoms with Gasteiger partial charge in [0.05, 0.1) is 17.0 Å². The number of phenols is 1. The molecule has 1 atom stereocenters. The summed E-state index contributed by atoms with van der Waals surface area (Å²) < 4.78 is 5.57. The summed E-state index contributed by atoms with van der Waals surface area (Å²) in [5.74, 6) is 0.0613. The lowest BCUT2D eigenvalue weighted by atomic mass is 9.97. The third-order valence-electron chi connectivity index (χ3n) is 5.33. The second kappa shape index (κ2) is 7.50. The van der Waals surface area contributed by atoms with E-state index in [4.69, 9.17) is 9.41 Å². The number of para-hydroxylation sites is 1. The molecule has 4 aromatic rings. The molecular formula is C25H19NO3S. The molecule has 4 nitrogen and oxygen atoms in total. The van der Waals surface area contributed by atoms with Crippen molar-refractivity contribution in [3.05, 3.63) is 99.9 Å². The lowest BCUT2D eigenvalue weighted by Crippen LogP contribution is -2.08. The number of benzene rings is 3. The van der Waals surface area contributed by atoms with E-state index in [1.807, 2.05) is 43.3 Å². The minimum atomic E-state index is -0.435. The van der Waals surface area contributed by atoms with Crippen molar-refractivity contribution in [1.29, 1.82) is 0 Å². The molecule has 1 N–H and O–H groups in total. The Kier molecular flexibility index (Phi) is 4.68. The number of thioether (sulfide) groups is 1. The number of phenolic OH excluding ortho intramolecular Hbond substituents is 1. The van der Waals surface area contributed by atoms with Gasteiger partial charge < -0.3 is 9.52 Å². The van der Waals surface area contributed by atoms with Gasteiger partial charge in [0.1, 0.15) is 5.75 Å². The van der Waals surface area contributed by atoms with Crippen LogP contribution in [0.1, 0.15) is 28.4 Å². The highest BCUT2D eigenvalue weighted by Crippen LogP contribution is 2.46. The Labute approximate surface area is 177 Å². The third kappa shape index (κ3) is 3.31. The normalized spacial score (nSPS) is 16.0. The zero-order valence-electron chi connectivity index (χ0n) is 16.3. The largest absolute Gasteiger partial charge is 0.507 e. The molecule has 5 heteroatoms. The van der Waals surface area contributed by atoms with E-state index in [1.54, 1.807) is 23.9 Å². The van der Waals surface area contributed by atoms with E-state index in [-0.39, 0.29) is 11.0 Å². The van der Waals surface area contributed by atoms with Crippen LogP contribution >= 0.6 is 11.8 Å². The molecule has 2 heterocycles. The summed E-state index contributed by atoms with van der Waals surface area (Å²) in [6, 6.07) is 23.2. The van der Waals surface area contributed by atoms with Crippen molar-refractivity contribution in [1.82, 2.24) is 0 Å². The topological polar surface area (TPSA) is 62.8 Å². The average Bonchev–Trinajstić information content (AvgIpc) is 2.93. The molecule has 3 aromatic carbocycles. The maximum absolute atomic E-state index is 12.1. The van der Waals surface area contributed by atoms with Crippen molar-refractivity contribution >= 4 is 34.1 Å². The zero-order chi connectivity index (χ0) is 20.7. The van der Waals surface area contributed by atoms with E-state index in [9.17, 15) is 9.90 Å². The van der Waals surface area contributed by atoms with E-state index >= 15 is 0 Å². The number of aliphatic imine (C=N–C) groups is 1. The van der Waals surface area contributed by atoms with Crippen LogP contribution in [0.4, 0.5) is 5.69 Å². The van der Waals surface area contributed by atoms with Crippen molar-refractivity contribution in [3.63, 3.8) is 0 Å². The van der Waals surface area contributed by atoms with Crippen LogP contribution in [0.15, 0.2) is 91.9 Å². The number of aryl methyl sites for hydroxylation is 1. The molecule has 0 spiro atoms. The smallest absolute Gasteiger partial charge is 0.336 e. The van der Waals surface area contributed by atoms with Gasteiger partial charge in [0.25, 0.3) is 0 Å². The molecular weight excluding hydrogens is 394 g/mol. The quantitative estimate of drug-likeness (QED) is 0.400. The van der Waals surface area contributed by atoms with Crippen LogP contribution in [0, 0.1) is 6.92 Å². The lowest BCUT2D eigenvalue weighted by molar-refractivity contribution is 0.471. The van der Waals surface area contributed by atoms with Crippen LogP contribution in [-0.4, -0.2) is 10.8 Å². The fourth-order valence-corrected chi connectivity index (χ4v) is 5.11. The molecule has 1 aliphatic heterocycles. The third-order valence-corrected chi connectivity index (χ3v) is 6.65. The number of nitrogens with zero attached hydrogens (tertiary/aromatic N) is 1. The predicted octanol–water partition coefficient (Wildman–Crippen LogP) is 6.16. The Balaban J connectivity index is 1.76. The Morgan fingerprint density at radius 2 is 1.80 bits per heavy atom. The van der Waals surface area contributed by atoms with Gasteiger partial charge in [-0.1, -0.05) is 42.5 Å². The first kappa shape index (κ1) is 18.7. The minimum absolute atomic E-state index is 0.0613. The molecule has 1 aliphatic rings. The van der Waals surface area contributed by atoms with Gasteiger partial charge in [0, 0.05) is 28.0 Å². The Bertz CT molecular complexity index is 1340. The molecule has 0 saturated carbocycles. The molecule has 148 valence electrons. The molecule has 0 radical (unpaired) electrons. The van der Waals surface area contributed by atoms with Crippen LogP contribution in [0.3, 0.4) is 0 Å². The Hall–Kier alpha value is -3.31. The zero-order valence-corrected chi connectivity index (χ0v) is 17.1. The maximum atomic E-state index is 12.1. The van der Waals surface area contributed by atoms with Crippen molar-refractivity contribution < 1.29 is 9.52 Å². The van der Waals surface area contributed by atoms with Gasteiger partial charge in [-0.15, -0.1) is 11.8 Å². The number of fused-ring (bicyclic) bond motifs is 2. The fourth-order valence-electron chi connectivity index (χ4n) is 3.87. The van der Waals surface area contributed by atoms with E-state index in [1.165, 1.54) is 11.6 Å². The molecule has 0 bridgehead atoms. The summed E-state index contributed by atoms with van der Waals surface area (Å²) in [5, 5.41) is 11.7. The molecule has 0 fully saturated rings. The molecule has 30 heavy (non-hydrogen) atoms. The standard InChI is InChI=1S/C25H19NO3S/c1-15-13-23(28)29-25-17(15)11-12-20(27)24(25)19-14-22(16-7-3-2-4-8-16)30-21-10-6-5-9-18(21)26-19/h2-13,22,27H,14H2,1H3/t22-/m0/s1. The fraction of sp³-hybridized carbons (Fsp3) is 0.120. The highest BCUT2D eigenvalue weighted by atomic mass is 32.2. The van der Waals surface area contributed by atoms with Crippen LogP contribution in [0.25, 0.3) is 11.0 Å². The maximum Gasteiger partial charge on any atom is 0.336 e. The monoisotopic (exact) mass is 413 g/mol. The summed E-state index contributed by atoms with van der Waals surface area (Å²) in [6.07, 6.45) is 0.591. The van der Waals surface area contributed by atoms with Crippen molar-refractivity contribution in [2.75, 3.05) is 0 Å². The van der Waals surface area contributed by atoms with Crippen LogP contribution in [0.2, 0.25) is 0 Å². The lowest BCUT2D eigenvalue weighted by Gasteiger charge is -2.17. The van der Waals surface area contributed by atoms with E-state index in [0.717, 1.165) is 21.5 Å². The average molecular weight is 413 g/mol. The molecule has 0 amide bonds. The van der Waals surface area contributed by atoms with Gasteiger partial charge in [-0.3, -0.25) is 4.99 Å². The summed E-state index contributed by atoms with van der Waals surface area (Å²) >= 11 is 1.76. The Morgan fingerprint density at radius 3 is 2.63 bits per heavy atom. The van der Waals surface area contributed by atoms with E-state index < -0.39 is 5.63 Å². The first-order valence-electron chi connectivity index (χ1n) is 9.75. The number of rotatable bonds is 2. The van der Waals surface area contributed by atoms with E-state index in [0.29, 0.717) is 23.3 Å². The van der Waals surface area contributed by atoms with Crippen LogP contribution < -0.4 is 5.63 Å². The predicted molar refractivity (Wildman–Crippen MR) is 121 cm³/mol. The van der Waals surface area contributed by atoms with Gasteiger partial charge in [-0.25, -0.2) is 4.79 Å². The first-order chi connectivity index (χ1) is 14.6. The Morgan fingerprint density at radius 1 is 1.03 bits per heavy atom. The summed E-state index contributed by atoms with van der Waals surface area (Å²) in [5.41, 5.74) is 3.99. The van der Waals surface area contributed by atoms with Gasteiger partial charge >= 0.3 is 5.63 Å². The first-order valence-corrected chi connectivity index (χ1v) is 10.6. The van der Waals surface area contributed by atoms with Crippen LogP contribution in [-0.2, 0) is 0 Å². The molecule has 5 rings (SSSR count). The second-order valence-corrected chi connectivity index (χ2v) is 8.58. The summed E-state index contributed by atoms with van der Waals surface area (Å²) in [6.45, 7) is 1.87. The highest BCUT2D eigenvalue weighted by Gasteiger charge is 2.26. The molecule has 0 unspecified atom stereocenters. The SMILES string of the molecule is Cc1cc(=O)oc2c(C3=Nc4ccccc4S[C@H](c4ccccc4)C3)c(O)ccc12. The minimum Gasteiger partial charge on any atom is -0.507 e. The van der Waals surface area contributed by atoms with E-state index in [2.05, 4.69) is 18.2 Å². The number of aromatic hydroxyl groups is 1. The van der Waals surface area contributed by atoms with Gasteiger partial charge in [-0.05, 0) is 42.3 Å². The summed E-state index contributed by atoms with van der Waals surface area (Å²) in [4.78, 5) is 18.1. The van der Waals surface area contributed by atoms with Crippen molar-refractivity contribution in [3.8, 4) is 5.75 Å². The van der Waals surface area contributed by atoms with Gasteiger partial charge in [0.15, 0.2) is 5.58 Å². The highest BCUT2D eigenvalue weighted by molar-refractivity contribution is 7.99. The van der Waals surface area contributed by atoms with Gasteiger partial charge in [-0.2, -0.15) is 0 Å². The van der Waals surface area contributed by atoms with Gasteiger partial charge in [0.2, 0.25) is 0 Å². The summed E-state index contributed by atoms with van der Waals surface area (Å²) in [7, 11) is 0. The molecule has 1 aromatic heterocycles.